The summed E-state index contributed by atoms with van der Waals surface area (Å²) < 4.78 is 13.0. The first-order valence-electron chi connectivity index (χ1n) is 11.5. The van der Waals surface area contributed by atoms with E-state index in [2.05, 4.69) is 33.4 Å². The predicted molar refractivity (Wildman–Crippen MR) is 117 cm³/mol. The number of hydrogen-bond donors (Lipinski definition) is 0. The molecular formula is C23H33N5O3. The van der Waals surface area contributed by atoms with Gasteiger partial charge >= 0.3 is 0 Å². The zero-order chi connectivity index (χ0) is 21.5. The van der Waals surface area contributed by atoms with Gasteiger partial charge in [0.05, 0.1) is 26.0 Å². The molecule has 0 aliphatic carbocycles. The highest BCUT2D eigenvalue weighted by Crippen LogP contribution is 2.26. The molecule has 1 aromatic carbocycles. The number of amides is 1. The van der Waals surface area contributed by atoms with Crippen LogP contribution < -0.4 is 4.74 Å². The van der Waals surface area contributed by atoms with Crippen molar-refractivity contribution in [3.8, 4) is 5.75 Å². The summed E-state index contributed by atoms with van der Waals surface area (Å²) in [5.74, 6) is 0.929. The number of carbonyl (C=O) groups excluding carboxylic acids is 1. The normalized spacial score (nSPS) is 20.0. The van der Waals surface area contributed by atoms with E-state index >= 15 is 0 Å². The molecular weight excluding hydrogens is 394 g/mol. The topological polar surface area (TPSA) is 72.7 Å². The fourth-order valence-corrected chi connectivity index (χ4v) is 4.46. The maximum absolute atomic E-state index is 12.6. The fraction of sp³-hybridized carbons (Fsp3) is 0.609. The molecule has 8 nitrogen and oxygen atoms in total. The molecule has 2 aliphatic rings. The van der Waals surface area contributed by atoms with E-state index < -0.39 is 0 Å². The van der Waals surface area contributed by atoms with Gasteiger partial charge in [0.15, 0.2) is 5.69 Å². The lowest BCUT2D eigenvalue weighted by Gasteiger charge is -2.36. The molecule has 0 N–H and O–H groups in total. The smallest absolute Gasteiger partial charge is 0.276 e. The van der Waals surface area contributed by atoms with Crippen molar-refractivity contribution < 1.29 is 14.3 Å². The molecule has 0 spiro atoms. The summed E-state index contributed by atoms with van der Waals surface area (Å²) in [5, 5.41) is 8.34. The first-order valence-corrected chi connectivity index (χ1v) is 11.5. The molecule has 168 valence electrons. The summed E-state index contributed by atoms with van der Waals surface area (Å²) in [6.07, 6.45) is 6.45. The Labute approximate surface area is 184 Å². The number of benzene rings is 1. The molecule has 1 unspecified atom stereocenters. The lowest BCUT2D eigenvalue weighted by Crippen LogP contribution is -2.40. The van der Waals surface area contributed by atoms with Crippen LogP contribution in [-0.2, 0) is 17.8 Å². The van der Waals surface area contributed by atoms with Gasteiger partial charge in [0, 0.05) is 37.8 Å². The van der Waals surface area contributed by atoms with Crippen LogP contribution in [-0.4, -0.2) is 76.2 Å². The van der Waals surface area contributed by atoms with Gasteiger partial charge < -0.3 is 14.4 Å². The molecule has 1 amide bonds. The second-order valence-electron chi connectivity index (χ2n) is 8.22. The molecule has 0 bridgehead atoms. The number of nitrogens with zero attached hydrogens (tertiary/aromatic N) is 5. The summed E-state index contributed by atoms with van der Waals surface area (Å²) in [5.41, 5.74) is 1.67. The Balaban J connectivity index is 1.35. The van der Waals surface area contributed by atoms with Crippen LogP contribution in [0.25, 0.3) is 0 Å². The van der Waals surface area contributed by atoms with E-state index in [0.717, 1.165) is 31.8 Å². The number of carbonyl (C=O) groups is 1. The number of aromatic nitrogens is 3. The summed E-state index contributed by atoms with van der Waals surface area (Å²) in [6.45, 7) is 7.88. The fourth-order valence-electron chi connectivity index (χ4n) is 4.46. The summed E-state index contributed by atoms with van der Waals surface area (Å²) >= 11 is 0. The van der Waals surface area contributed by atoms with Crippen LogP contribution in [0.1, 0.15) is 48.7 Å². The number of rotatable bonds is 8. The van der Waals surface area contributed by atoms with Gasteiger partial charge in [-0.15, -0.1) is 5.10 Å². The SMILES string of the molecule is CCOc1ccccc1CN1CCCCC1CCn1cc(C(=O)N2CCOCC2)nn1. The van der Waals surface area contributed by atoms with Crippen molar-refractivity contribution >= 4 is 5.91 Å². The molecule has 0 radical (unpaired) electrons. The molecule has 2 aromatic rings. The van der Waals surface area contributed by atoms with Gasteiger partial charge in [-0.3, -0.25) is 14.4 Å². The second-order valence-corrected chi connectivity index (χ2v) is 8.22. The van der Waals surface area contributed by atoms with Crippen molar-refractivity contribution in [1.29, 1.82) is 0 Å². The number of aryl methyl sites for hydroxylation is 1. The predicted octanol–water partition coefficient (Wildman–Crippen LogP) is 2.59. The number of piperidine rings is 1. The van der Waals surface area contributed by atoms with E-state index in [-0.39, 0.29) is 5.91 Å². The summed E-state index contributed by atoms with van der Waals surface area (Å²) in [4.78, 5) is 16.9. The van der Waals surface area contributed by atoms with Crippen LogP contribution in [0.3, 0.4) is 0 Å². The van der Waals surface area contributed by atoms with E-state index in [1.165, 1.54) is 24.8 Å². The Morgan fingerprint density at radius 3 is 2.87 bits per heavy atom. The van der Waals surface area contributed by atoms with Crippen molar-refractivity contribution in [3.63, 3.8) is 0 Å². The van der Waals surface area contributed by atoms with Gasteiger partial charge in [-0.25, -0.2) is 0 Å². The molecule has 31 heavy (non-hydrogen) atoms. The van der Waals surface area contributed by atoms with Crippen molar-refractivity contribution in [2.75, 3.05) is 39.5 Å². The average Bonchev–Trinajstić information content (AvgIpc) is 3.29. The largest absolute Gasteiger partial charge is 0.494 e. The molecule has 2 fully saturated rings. The number of hydrogen-bond acceptors (Lipinski definition) is 6. The summed E-state index contributed by atoms with van der Waals surface area (Å²) in [7, 11) is 0. The lowest BCUT2D eigenvalue weighted by atomic mass is 9.98. The Morgan fingerprint density at radius 1 is 1.19 bits per heavy atom. The lowest BCUT2D eigenvalue weighted by molar-refractivity contribution is 0.0299. The van der Waals surface area contributed by atoms with Crippen LogP contribution in [0.2, 0.25) is 0 Å². The molecule has 2 saturated heterocycles. The van der Waals surface area contributed by atoms with E-state index in [4.69, 9.17) is 9.47 Å². The number of para-hydroxylation sites is 1. The molecule has 3 heterocycles. The van der Waals surface area contributed by atoms with Crippen LogP contribution in [0, 0.1) is 0 Å². The van der Waals surface area contributed by atoms with E-state index in [1.54, 1.807) is 11.1 Å². The monoisotopic (exact) mass is 427 g/mol. The maximum Gasteiger partial charge on any atom is 0.276 e. The molecule has 0 saturated carbocycles. The quantitative estimate of drug-likeness (QED) is 0.645. The number of likely N-dealkylation sites (tertiary alicyclic amines) is 1. The third-order valence-corrected chi connectivity index (χ3v) is 6.14. The van der Waals surface area contributed by atoms with Gasteiger partial charge in [0.25, 0.3) is 5.91 Å². The zero-order valence-electron chi connectivity index (χ0n) is 18.4. The standard InChI is InChI=1S/C23H33N5O3/c1-2-31-22-9-4-3-7-19(22)17-27-11-6-5-8-20(27)10-12-28-18-21(24-25-28)23(29)26-13-15-30-16-14-26/h3-4,7,9,18,20H,2,5-6,8,10-17H2,1H3. The van der Waals surface area contributed by atoms with Crippen LogP contribution >= 0.6 is 0 Å². The van der Waals surface area contributed by atoms with Gasteiger partial charge in [-0.1, -0.05) is 29.8 Å². The Bertz CT molecular complexity index is 849. The highest BCUT2D eigenvalue weighted by atomic mass is 16.5. The van der Waals surface area contributed by atoms with E-state index in [9.17, 15) is 4.79 Å². The Kier molecular flexibility index (Phi) is 7.53. The second kappa shape index (κ2) is 10.7. The number of ether oxygens (including phenoxy) is 2. The van der Waals surface area contributed by atoms with Crippen LogP contribution in [0.5, 0.6) is 5.75 Å². The first kappa shape index (κ1) is 21.8. The minimum atomic E-state index is -0.0543. The average molecular weight is 428 g/mol. The molecule has 2 aliphatic heterocycles. The molecule has 1 aromatic heterocycles. The highest BCUT2D eigenvalue weighted by Gasteiger charge is 2.24. The third-order valence-electron chi connectivity index (χ3n) is 6.14. The van der Waals surface area contributed by atoms with Gasteiger partial charge in [-0.2, -0.15) is 0 Å². The van der Waals surface area contributed by atoms with Crippen molar-refractivity contribution in [2.24, 2.45) is 0 Å². The van der Waals surface area contributed by atoms with Crippen molar-refractivity contribution in [1.82, 2.24) is 24.8 Å². The van der Waals surface area contributed by atoms with Crippen LogP contribution in [0.15, 0.2) is 30.5 Å². The highest BCUT2D eigenvalue weighted by molar-refractivity contribution is 5.91. The van der Waals surface area contributed by atoms with Gasteiger partial charge in [0.2, 0.25) is 0 Å². The summed E-state index contributed by atoms with van der Waals surface area (Å²) in [6, 6.07) is 8.82. The minimum absolute atomic E-state index is 0.0543. The Hall–Kier alpha value is -2.45. The van der Waals surface area contributed by atoms with E-state index in [1.807, 2.05) is 17.7 Å². The van der Waals surface area contributed by atoms with Crippen LogP contribution in [0.4, 0.5) is 0 Å². The van der Waals surface area contributed by atoms with Gasteiger partial charge in [-0.05, 0) is 38.8 Å². The minimum Gasteiger partial charge on any atom is -0.494 e. The third kappa shape index (κ3) is 5.62. The molecule has 8 heteroatoms. The van der Waals surface area contributed by atoms with E-state index in [0.29, 0.717) is 44.6 Å². The van der Waals surface area contributed by atoms with Gasteiger partial charge in [0.1, 0.15) is 5.75 Å². The molecule has 1 atom stereocenters. The Morgan fingerprint density at radius 2 is 2.03 bits per heavy atom. The zero-order valence-corrected chi connectivity index (χ0v) is 18.4. The molecule has 4 rings (SSSR count). The van der Waals surface area contributed by atoms with Crippen molar-refractivity contribution in [2.45, 2.75) is 51.7 Å². The first-order chi connectivity index (χ1) is 15.2. The number of morpholine rings is 1. The van der Waals surface area contributed by atoms with Crippen molar-refractivity contribution in [3.05, 3.63) is 41.7 Å². The maximum atomic E-state index is 12.6.